The third-order valence-electron chi connectivity index (χ3n) is 7.68. The van der Waals surface area contributed by atoms with E-state index in [-0.39, 0.29) is 5.25 Å². The highest BCUT2D eigenvalue weighted by Crippen LogP contribution is 2.36. The standard InChI is InChI=1S/C28H39N4O2S2/c1-5-8-11-30(4)22-16-20(6-2)27-25(18-22)35-26-19-23(17-21(7-3)28(26)29-27)31-12-14-32(15-13-31)36(33,34)24-9-10-24/h16-19,24H,5-15H2,1-4H3/q+1. The minimum Gasteiger partial charge on any atom is -0.375 e. The summed E-state index contributed by atoms with van der Waals surface area (Å²) < 4.78 is 30.6. The molecule has 2 fully saturated rings. The highest BCUT2D eigenvalue weighted by Gasteiger charge is 2.41. The number of rotatable bonds is 8. The fourth-order valence-electron chi connectivity index (χ4n) is 5.18. The molecule has 2 heterocycles. The summed E-state index contributed by atoms with van der Waals surface area (Å²) in [6.45, 7) is 10.3. The van der Waals surface area contributed by atoms with E-state index in [1.807, 2.05) is 11.3 Å². The molecule has 2 aliphatic carbocycles. The van der Waals surface area contributed by atoms with Crippen LogP contribution < -0.4 is 14.8 Å². The molecular weight excluding hydrogens is 488 g/mol. The number of nitrogens with zero attached hydrogens (tertiary/aromatic N) is 4. The molecule has 1 aromatic carbocycles. The van der Waals surface area contributed by atoms with Crippen LogP contribution in [0.15, 0.2) is 24.3 Å². The van der Waals surface area contributed by atoms with Crippen molar-refractivity contribution in [2.75, 3.05) is 44.7 Å². The van der Waals surface area contributed by atoms with Gasteiger partial charge in [-0.3, -0.25) is 0 Å². The van der Waals surface area contributed by atoms with Gasteiger partial charge in [-0.1, -0.05) is 27.2 Å². The van der Waals surface area contributed by atoms with Gasteiger partial charge in [0, 0.05) is 31.4 Å². The number of fused-ring (bicyclic) bond motifs is 2. The zero-order chi connectivity index (χ0) is 25.4. The van der Waals surface area contributed by atoms with Crippen LogP contribution >= 0.6 is 11.3 Å². The van der Waals surface area contributed by atoms with E-state index in [1.54, 1.807) is 4.31 Å². The van der Waals surface area contributed by atoms with Crippen LogP contribution in [0.1, 0.15) is 57.6 Å². The SMILES string of the molecule is CCCCN(C)c1cc(CC)c2nc3c(CC)cc(=[N+]4CCN(S(=O)(=O)C5CC5)CC4)cc-3sc2c1. The lowest BCUT2D eigenvalue weighted by molar-refractivity contribution is 0.329. The molecule has 0 amide bonds. The van der Waals surface area contributed by atoms with Crippen molar-refractivity contribution in [3.63, 3.8) is 0 Å². The number of sulfonamides is 1. The maximum Gasteiger partial charge on any atom is 0.217 e. The fourth-order valence-corrected chi connectivity index (χ4v) is 8.15. The van der Waals surface area contributed by atoms with Gasteiger partial charge in [0.25, 0.3) is 0 Å². The Labute approximate surface area is 219 Å². The summed E-state index contributed by atoms with van der Waals surface area (Å²) in [5.74, 6) is 0. The van der Waals surface area contributed by atoms with Crippen LogP contribution in [0.5, 0.6) is 0 Å². The summed E-state index contributed by atoms with van der Waals surface area (Å²) in [4.78, 5) is 8.80. The molecule has 6 nitrogen and oxygen atoms in total. The summed E-state index contributed by atoms with van der Waals surface area (Å²) in [6, 6.07) is 9.17. The van der Waals surface area contributed by atoms with Gasteiger partial charge >= 0.3 is 0 Å². The minimum absolute atomic E-state index is 0.128. The van der Waals surface area contributed by atoms with Crippen molar-refractivity contribution in [1.82, 2.24) is 13.9 Å². The molecule has 0 unspecified atom stereocenters. The highest BCUT2D eigenvalue weighted by atomic mass is 32.2. The minimum atomic E-state index is -3.10. The highest BCUT2D eigenvalue weighted by molar-refractivity contribution is 7.90. The summed E-state index contributed by atoms with van der Waals surface area (Å²) in [6.07, 6.45) is 5.91. The van der Waals surface area contributed by atoms with Crippen molar-refractivity contribution in [2.24, 2.45) is 0 Å². The molecule has 4 aliphatic rings. The number of anilines is 1. The molecule has 0 aromatic heterocycles. The molecule has 194 valence electrons. The van der Waals surface area contributed by atoms with E-state index < -0.39 is 10.0 Å². The Kier molecular flexibility index (Phi) is 7.39. The number of benzene rings is 2. The van der Waals surface area contributed by atoms with E-state index in [2.05, 4.69) is 61.6 Å². The first kappa shape index (κ1) is 25.6. The van der Waals surface area contributed by atoms with Gasteiger partial charge in [-0.05, 0) is 55.4 Å². The van der Waals surface area contributed by atoms with Crippen LogP contribution in [-0.2, 0) is 22.9 Å². The van der Waals surface area contributed by atoms with Gasteiger partial charge in [-0.25, -0.2) is 18.0 Å². The predicted molar refractivity (Wildman–Crippen MR) is 152 cm³/mol. The first-order valence-electron chi connectivity index (χ1n) is 13.5. The van der Waals surface area contributed by atoms with Crippen molar-refractivity contribution >= 4 is 37.3 Å². The molecule has 1 saturated carbocycles. The molecule has 0 atom stereocenters. The number of aromatic nitrogens is 1. The second-order valence-corrected chi connectivity index (χ2v) is 13.5. The Morgan fingerprint density at radius 2 is 1.78 bits per heavy atom. The van der Waals surface area contributed by atoms with E-state index in [9.17, 15) is 8.42 Å². The van der Waals surface area contributed by atoms with Gasteiger partial charge in [-0.2, -0.15) is 4.31 Å². The van der Waals surface area contributed by atoms with Gasteiger partial charge in [0.05, 0.1) is 39.1 Å². The molecule has 8 heteroatoms. The van der Waals surface area contributed by atoms with Gasteiger partial charge in [-0.15, -0.1) is 11.3 Å². The van der Waals surface area contributed by atoms with Crippen molar-refractivity contribution < 1.29 is 8.42 Å². The van der Waals surface area contributed by atoms with Crippen LogP contribution in [0, 0.1) is 0 Å². The first-order valence-corrected chi connectivity index (χ1v) is 15.9. The zero-order valence-electron chi connectivity index (χ0n) is 22.1. The molecule has 1 saturated heterocycles. The van der Waals surface area contributed by atoms with Crippen molar-refractivity contribution in [3.05, 3.63) is 40.7 Å². The fraction of sp³-hybridized carbons (Fsp3) is 0.571. The Morgan fingerprint density at radius 1 is 1.06 bits per heavy atom. The molecule has 36 heavy (non-hydrogen) atoms. The van der Waals surface area contributed by atoms with E-state index >= 15 is 0 Å². The lowest BCUT2D eigenvalue weighted by Crippen LogP contribution is -2.50. The summed E-state index contributed by atoms with van der Waals surface area (Å²) in [7, 11) is -0.909. The zero-order valence-corrected chi connectivity index (χ0v) is 23.7. The Bertz CT molecular complexity index is 1400. The first-order chi connectivity index (χ1) is 17.3. The molecule has 5 rings (SSSR count). The lowest BCUT2D eigenvalue weighted by Gasteiger charge is -2.24. The Morgan fingerprint density at radius 3 is 2.42 bits per heavy atom. The van der Waals surface area contributed by atoms with E-state index in [0.29, 0.717) is 13.1 Å². The third kappa shape index (κ3) is 4.92. The molecule has 0 spiro atoms. The van der Waals surface area contributed by atoms with E-state index in [4.69, 9.17) is 4.98 Å². The maximum absolute atomic E-state index is 12.7. The number of hydrogen-bond donors (Lipinski definition) is 0. The number of aryl methyl sites for hydroxylation is 2. The number of hydrogen-bond acceptors (Lipinski definition) is 5. The van der Waals surface area contributed by atoms with Gasteiger partial charge in [0.15, 0.2) is 13.1 Å². The average molecular weight is 528 g/mol. The summed E-state index contributed by atoms with van der Waals surface area (Å²) in [5.41, 5.74) is 6.08. The van der Waals surface area contributed by atoms with Gasteiger partial charge in [0.1, 0.15) is 0 Å². The molecular formula is C28H39N4O2S2+. The summed E-state index contributed by atoms with van der Waals surface area (Å²) >= 11 is 1.84. The van der Waals surface area contributed by atoms with Gasteiger partial charge in [0.2, 0.25) is 15.4 Å². The molecule has 2 aliphatic heterocycles. The monoisotopic (exact) mass is 527 g/mol. The van der Waals surface area contributed by atoms with Crippen LogP contribution in [0.25, 0.3) is 20.8 Å². The van der Waals surface area contributed by atoms with Crippen molar-refractivity contribution in [2.45, 2.75) is 64.5 Å². The normalized spacial score (nSPS) is 17.3. The Balaban J connectivity index is 1.56. The third-order valence-corrected chi connectivity index (χ3v) is 11.1. The number of piperazine rings is 1. The maximum atomic E-state index is 12.7. The van der Waals surface area contributed by atoms with Gasteiger partial charge < -0.3 is 4.90 Å². The molecule has 0 radical (unpaired) electrons. The Hall–Kier alpha value is -2.03. The number of unbranched alkanes of at least 4 members (excludes halogenated alkanes) is 1. The van der Waals surface area contributed by atoms with Crippen LogP contribution in [0.3, 0.4) is 0 Å². The smallest absolute Gasteiger partial charge is 0.217 e. The van der Waals surface area contributed by atoms with E-state index in [1.165, 1.54) is 44.6 Å². The quantitative estimate of drug-likeness (QED) is 0.323. The van der Waals surface area contributed by atoms with Crippen molar-refractivity contribution in [1.29, 1.82) is 0 Å². The second-order valence-electron chi connectivity index (χ2n) is 10.2. The molecule has 1 aromatic rings. The molecule has 0 N–H and O–H groups in total. The van der Waals surface area contributed by atoms with Crippen LogP contribution in [-0.4, -0.2) is 62.7 Å². The largest absolute Gasteiger partial charge is 0.375 e. The van der Waals surface area contributed by atoms with Crippen LogP contribution in [0.4, 0.5) is 5.69 Å². The average Bonchev–Trinajstić information content (AvgIpc) is 3.75. The second kappa shape index (κ2) is 10.4. The van der Waals surface area contributed by atoms with Crippen molar-refractivity contribution in [3.8, 4) is 10.6 Å². The molecule has 0 bridgehead atoms. The predicted octanol–water partition coefficient (Wildman–Crippen LogP) is 4.34. The topological polar surface area (TPSA) is 56.5 Å². The summed E-state index contributed by atoms with van der Waals surface area (Å²) in [5, 5.41) is 1.06. The lowest BCUT2D eigenvalue weighted by atomic mass is 10.1. The van der Waals surface area contributed by atoms with E-state index in [0.717, 1.165) is 56.5 Å². The van der Waals surface area contributed by atoms with Crippen LogP contribution in [0.2, 0.25) is 0 Å².